The molecule has 0 aliphatic heterocycles. The van der Waals surface area contributed by atoms with Crippen LogP contribution < -0.4 is 4.74 Å². The molecule has 0 saturated heterocycles. The molecule has 0 N–H and O–H groups in total. The minimum atomic E-state index is 0.375. The van der Waals surface area contributed by atoms with Crippen LogP contribution in [0.3, 0.4) is 0 Å². The molecule has 1 heterocycles. The topological polar surface area (TPSA) is 35.3 Å². The predicted octanol–water partition coefficient (Wildman–Crippen LogP) is 3.00. The zero-order valence-corrected chi connectivity index (χ0v) is 8.28. The molecule has 3 nitrogen and oxygen atoms in total. The Morgan fingerprint density at radius 2 is 2.14 bits per heavy atom. The molecule has 0 aliphatic rings. The smallest absolute Gasteiger partial charge is 0.305 e. The lowest BCUT2D eigenvalue weighted by Gasteiger charge is -1.97. The summed E-state index contributed by atoms with van der Waals surface area (Å²) in [5.74, 6) is 0.840. The highest BCUT2D eigenvalue weighted by molar-refractivity contribution is 6.33. The number of halogens is 1. The SMILES string of the molecule is COc1cnc(-c2ccccc2Cl)o1. The Kier molecular flexibility index (Phi) is 2.41. The van der Waals surface area contributed by atoms with Gasteiger partial charge in [-0.1, -0.05) is 23.7 Å². The summed E-state index contributed by atoms with van der Waals surface area (Å²) in [5, 5.41) is 0.608. The lowest BCUT2D eigenvalue weighted by molar-refractivity contribution is 0.309. The van der Waals surface area contributed by atoms with Crippen molar-refractivity contribution in [2.24, 2.45) is 0 Å². The van der Waals surface area contributed by atoms with Crippen LogP contribution in [0.15, 0.2) is 34.9 Å². The third-order valence-electron chi connectivity index (χ3n) is 1.79. The van der Waals surface area contributed by atoms with Gasteiger partial charge in [0, 0.05) is 0 Å². The monoisotopic (exact) mass is 209 g/mol. The molecule has 0 spiro atoms. The molecule has 4 heteroatoms. The molecule has 0 atom stereocenters. The first kappa shape index (κ1) is 9.09. The Balaban J connectivity index is 2.44. The molecule has 72 valence electrons. The molecule has 2 rings (SSSR count). The normalized spacial score (nSPS) is 10.1. The molecule has 0 fully saturated rings. The molecular formula is C10H8ClNO2. The van der Waals surface area contributed by atoms with Gasteiger partial charge in [-0.15, -0.1) is 0 Å². The van der Waals surface area contributed by atoms with E-state index in [9.17, 15) is 0 Å². The zero-order valence-electron chi connectivity index (χ0n) is 7.53. The van der Waals surface area contributed by atoms with Crippen molar-refractivity contribution in [3.8, 4) is 17.4 Å². The molecule has 0 saturated carbocycles. The highest BCUT2D eigenvalue weighted by Gasteiger charge is 2.09. The van der Waals surface area contributed by atoms with E-state index in [-0.39, 0.29) is 0 Å². The van der Waals surface area contributed by atoms with Gasteiger partial charge in [-0.2, -0.15) is 0 Å². The van der Waals surface area contributed by atoms with Gasteiger partial charge in [0.1, 0.15) is 6.20 Å². The van der Waals surface area contributed by atoms with Crippen molar-refractivity contribution in [1.82, 2.24) is 4.98 Å². The zero-order chi connectivity index (χ0) is 9.97. The van der Waals surface area contributed by atoms with Crippen molar-refractivity contribution in [2.75, 3.05) is 7.11 Å². The standard InChI is InChI=1S/C10H8ClNO2/c1-13-9-6-12-10(14-9)7-4-2-3-5-8(7)11/h2-6H,1H3. The Labute approximate surface area is 86.3 Å². The molecule has 1 aromatic heterocycles. The van der Waals surface area contributed by atoms with Crippen LogP contribution in [0.1, 0.15) is 0 Å². The van der Waals surface area contributed by atoms with Crippen LogP contribution in [0.25, 0.3) is 11.5 Å². The van der Waals surface area contributed by atoms with E-state index in [1.165, 1.54) is 13.3 Å². The molecule has 0 bridgehead atoms. The van der Waals surface area contributed by atoms with Gasteiger partial charge in [-0.05, 0) is 12.1 Å². The number of rotatable bonds is 2. The van der Waals surface area contributed by atoms with Crippen LogP contribution in [0.4, 0.5) is 0 Å². The number of ether oxygens (including phenoxy) is 1. The summed E-state index contributed by atoms with van der Waals surface area (Å²) in [6, 6.07) is 7.35. The van der Waals surface area contributed by atoms with Gasteiger partial charge in [-0.25, -0.2) is 4.98 Å². The summed E-state index contributed by atoms with van der Waals surface area (Å²) in [5.41, 5.74) is 0.762. The van der Waals surface area contributed by atoms with Gasteiger partial charge in [0.2, 0.25) is 5.89 Å². The van der Waals surface area contributed by atoms with E-state index in [1.807, 2.05) is 18.2 Å². The summed E-state index contributed by atoms with van der Waals surface area (Å²) in [6.45, 7) is 0. The van der Waals surface area contributed by atoms with Gasteiger partial charge in [0.15, 0.2) is 0 Å². The van der Waals surface area contributed by atoms with Gasteiger partial charge >= 0.3 is 5.95 Å². The molecule has 14 heavy (non-hydrogen) atoms. The maximum absolute atomic E-state index is 5.97. The molecular weight excluding hydrogens is 202 g/mol. The first-order chi connectivity index (χ1) is 6.81. The van der Waals surface area contributed by atoms with Crippen molar-refractivity contribution in [1.29, 1.82) is 0 Å². The maximum Gasteiger partial charge on any atom is 0.305 e. The van der Waals surface area contributed by atoms with Crippen molar-refractivity contribution >= 4 is 11.6 Å². The summed E-state index contributed by atoms with van der Waals surface area (Å²) >= 11 is 5.97. The number of aromatic nitrogens is 1. The number of methoxy groups -OCH3 is 1. The van der Waals surface area contributed by atoms with Crippen LogP contribution in [-0.4, -0.2) is 12.1 Å². The first-order valence-electron chi connectivity index (χ1n) is 4.06. The fourth-order valence-corrected chi connectivity index (χ4v) is 1.33. The van der Waals surface area contributed by atoms with E-state index in [0.717, 1.165) is 5.56 Å². The fraction of sp³-hybridized carbons (Fsp3) is 0.100. The molecule has 0 aliphatic carbocycles. The number of nitrogens with zero attached hydrogens (tertiary/aromatic N) is 1. The second kappa shape index (κ2) is 3.72. The number of hydrogen-bond donors (Lipinski definition) is 0. The van der Waals surface area contributed by atoms with E-state index in [4.69, 9.17) is 20.8 Å². The highest BCUT2D eigenvalue weighted by atomic mass is 35.5. The van der Waals surface area contributed by atoms with Crippen molar-refractivity contribution in [3.05, 3.63) is 35.5 Å². The van der Waals surface area contributed by atoms with Gasteiger partial charge in [0.25, 0.3) is 0 Å². The molecule has 2 aromatic rings. The molecule has 0 amide bonds. The fourth-order valence-electron chi connectivity index (χ4n) is 1.11. The van der Waals surface area contributed by atoms with E-state index < -0.39 is 0 Å². The average molecular weight is 210 g/mol. The van der Waals surface area contributed by atoms with Crippen molar-refractivity contribution in [2.45, 2.75) is 0 Å². The second-order valence-electron chi connectivity index (χ2n) is 2.67. The van der Waals surface area contributed by atoms with Crippen molar-refractivity contribution in [3.63, 3.8) is 0 Å². The van der Waals surface area contributed by atoms with Gasteiger partial charge in [-0.3, -0.25) is 0 Å². The Morgan fingerprint density at radius 3 is 2.79 bits per heavy atom. The minimum Gasteiger partial charge on any atom is -0.467 e. The van der Waals surface area contributed by atoms with Gasteiger partial charge in [0.05, 0.1) is 17.7 Å². The van der Waals surface area contributed by atoms with E-state index in [2.05, 4.69) is 4.98 Å². The van der Waals surface area contributed by atoms with E-state index in [1.54, 1.807) is 6.07 Å². The largest absolute Gasteiger partial charge is 0.467 e. The summed E-state index contributed by atoms with van der Waals surface area (Å²) < 4.78 is 10.2. The quantitative estimate of drug-likeness (QED) is 0.763. The third-order valence-corrected chi connectivity index (χ3v) is 2.12. The second-order valence-corrected chi connectivity index (χ2v) is 3.08. The Hall–Kier alpha value is -1.48. The minimum absolute atomic E-state index is 0.375. The maximum atomic E-state index is 5.97. The molecule has 0 unspecified atom stereocenters. The first-order valence-corrected chi connectivity index (χ1v) is 4.44. The number of hydrogen-bond acceptors (Lipinski definition) is 3. The lowest BCUT2D eigenvalue weighted by atomic mass is 10.2. The third kappa shape index (κ3) is 1.59. The molecule has 0 radical (unpaired) electrons. The number of oxazole rings is 1. The predicted molar refractivity (Wildman–Crippen MR) is 53.5 cm³/mol. The van der Waals surface area contributed by atoms with Gasteiger partial charge < -0.3 is 9.15 Å². The summed E-state index contributed by atoms with van der Waals surface area (Å²) in [4.78, 5) is 4.04. The van der Waals surface area contributed by atoms with Crippen LogP contribution in [0, 0.1) is 0 Å². The Bertz CT molecular complexity index is 439. The molecule has 1 aromatic carbocycles. The average Bonchev–Trinajstić information content (AvgIpc) is 2.67. The summed E-state index contributed by atoms with van der Waals surface area (Å²) in [6.07, 6.45) is 1.51. The number of benzene rings is 1. The van der Waals surface area contributed by atoms with Crippen LogP contribution in [0.5, 0.6) is 5.95 Å². The van der Waals surface area contributed by atoms with Crippen LogP contribution in [-0.2, 0) is 0 Å². The van der Waals surface area contributed by atoms with E-state index in [0.29, 0.717) is 16.9 Å². The Morgan fingerprint density at radius 1 is 1.36 bits per heavy atom. The van der Waals surface area contributed by atoms with Crippen LogP contribution in [0.2, 0.25) is 5.02 Å². The van der Waals surface area contributed by atoms with Crippen molar-refractivity contribution < 1.29 is 9.15 Å². The van der Waals surface area contributed by atoms with Crippen LogP contribution >= 0.6 is 11.6 Å². The van der Waals surface area contributed by atoms with E-state index >= 15 is 0 Å². The summed E-state index contributed by atoms with van der Waals surface area (Å²) in [7, 11) is 1.52. The lowest BCUT2D eigenvalue weighted by Crippen LogP contribution is -1.78. The highest BCUT2D eigenvalue weighted by Crippen LogP contribution is 2.28.